The van der Waals surface area contributed by atoms with Crippen LogP contribution in [0.25, 0.3) is 0 Å². The smallest absolute Gasteiger partial charge is 0.264 e. The second-order valence-corrected chi connectivity index (χ2v) is 13.1. The van der Waals surface area contributed by atoms with E-state index in [1.165, 1.54) is 53.4 Å². The first-order chi connectivity index (χ1) is 21.6. The molecule has 236 valence electrons. The molecule has 4 rings (SSSR count). The largest absolute Gasteiger partial charge is 0.354 e. The van der Waals surface area contributed by atoms with Crippen molar-refractivity contribution in [2.75, 3.05) is 17.4 Å². The summed E-state index contributed by atoms with van der Waals surface area (Å²) in [6.07, 6.45) is 1.69. The highest BCUT2D eigenvalue weighted by molar-refractivity contribution is 7.92. The molecule has 7 nitrogen and oxygen atoms in total. The summed E-state index contributed by atoms with van der Waals surface area (Å²) >= 11 is 12.6. The monoisotopic (exact) mass is 669 g/mol. The number of hydrogen-bond acceptors (Lipinski definition) is 4. The van der Waals surface area contributed by atoms with Gasteiger partial charge in [-0.2, -0.15) is 0 Å². The van der Waals surface area contributed by atoms with Gasteiger partial charge < -0.3 is 10.2 Å². The van der Waals surface area contributed by atoms with Crippen LogP contribution >= 0.6 is 23.2 Å². The molecule has 0 fully saturated rings. The van der Waals surface area contributed by atoms with Crippen LogP contribution in [0.3, 0.4) is 0 Å². The Bertz CT molecular complexity index is 1710. The fourth-order valence-corrected chi connectivity index (χ4v) is 6.80. The van der Waals surface area contributed by atoms with Crippen molar-refractivity contribution in [1.82, 2.24) is 10.2 Å². The SMILES string of the molecule is CCCCNC(=O)[C@H](Cc1ccccc1)N(Cc1ccccc1F)C(=O)CN(c1ccc(Cl)cc1Cl)S(=O)(=O)c1ccccc1. The maximum Gasteiger partial charge on any atom is 0.264 e. The number of sulfonamides is 1. The second kappa shape index (κ2) is 15.9. The lowest BCUT2D eigenvalue weighted by Crippen LogP contribution is -2.53. The number of anilines is 1. The molecule has 0 radical (unpaired) electrons. The number of carbonyl (C=O) groups excluding carboxylic acids is 2. The lowest BCUT2D eigenvalue weighted by molar-refractivity contribution is -0.140. The molecule has 0 aliphatic heterocycles. The third kappa shape index (κ3) is 8.84. The molecule has 2 amide bonds. The molecule has 1 atom stereocenters. The normalized spacial score (nSPS) is 11.9. The number of carbonyl (C=O) groups is 2. The molecule has 1 N–H and O–H groups in total. The van der Waals surface area contributed by atoms with Crippen molar-refractivity contribution in [3.63, 3.8) is 0 Å². The van der Waals surface area contributed by atoms with Crippen molar-refractivity contribution >= 4 is 50.7 Å². The molecule has 0 bridgehead atoms. The van der Waals surface area contributed by atoms with Gasteiger partial charge in [0.05, 0.1) is 15.6 Å². The lowest BCUT2D eigenvalue weighted by atomic mass is 10.0. The Morgan fingerprint density at radius 2 is 1.53 bits per heavy atom. The number of hydrogen-bond donors (Lipinski definition) is 1. The predicted octanol–water partition coefficient (Wildman–Crippen LogP) is 6.88. The van der Waals surface area contributed by atoms with E-state index < -0.39 is 40.2 Å². The van der Waals surface area contributed by atoms with E-state index in [0.29, 0.717) is 6.54 Å². The van der Waals surface area contributed by atoms with Crippen molar-refractivity contribution < 1.29 is 22.4 Å². The third-order valence-electron chi connectivity index (χ3n) is 7.19. The van der Waals surface area contributed by atoms with Gasteiger partial charge in [0.1, 0.15) is 18.4 Å². The van der Waals surface area contributed by atoms with Crippen molar-refractivity contribution in [3.05, 3.63) is 130 Å². The number of nitrogens with one attached hydrogen (secondary N) is 1. The molecule has 0 spiro atoms. The predicted molar refractivity (Wildman–Crippen MR) is 176 cm³/mol. The molecule has 4 aromatic rings. The fourth-order valence-electron chi connectivity index (χ4n) is 4.79. The van der Waals surface area contributed by atoms with Crippen molar-refractivity contribution in [2.24, 2.45) is 0 Å². The molecule has 4 aromatic carbocycles. The highest BCUT2D eigenvalue weighted by atomic mass is 35.5. The number of unbranched alkanes of at least 4 members (excludes halogenated alkanes) is 1. The van der Waals surface area contributed by atoms with E-state index in [-0.39, 0.29) is 39.2 Å². The maximum atomic E-state index is 15.0. The van der Waals surface area contributed by atoms with Gasteiger partial charge in [0, 0.05) is 30.1 Å². The second-order valence-electron chi connectivity index (χ2n) is 10.4. The van der Waals surface area contributed by atoms with Gasteiger partial charge in [0.25, 0.3) is 10.0 Å². The van der Waals surface area contributed by atoms with Gasteiger partial charge in [-0.3, -0.25) is 13.9 Å². The quantitative estimate of drug-likeness (QED) is 0.148. The van der Waals surface area contributed by atoms with E-state index in [4.69, 9.17) is 23.2 Å². The van der Waals surface area contributed by atoms with Crippen LogP contribution in [0, 0.1) is 5.82 Å². The molecule has 0 saturated heterocycles. The van der Waals surface area contributed by atoms with Gasteiger partial charge in [-0.15, -0.1) is 0 Å². The Hall–Kier alpha value is -3.92. The zero-order valence-corrected chi connectivity index (χ0v) is 27.0. The van der Waals surface area contributed by atoms with Crippen LogP contribution < -0.4 is 9.62 Å². The molecular weight excluding hydrogens is 636 g/mol. The standard InChI is InChI=1S/C34H34Cl2FN3O4S/c1-2-3-20-38-34(42)32(21-25-12-6-4-7-13-25)39(23-26-14-10-11-17-30(26)37)33(41)24-40(31-19-18-27(35)22-29(31)36)45(43,44)28-15-8-5-9-16-28/h4-19,22,32H,2-3,20-21,23-24H2,1H3,(H,38,42)/t32-/m0/s1. The zero-order chi connectivity index (χ0) is 32.4. The summed E-state index contributed by atoms with van der Waals surface area (Å²) in [6, 6.07) is 25.9. The van der Waals surface area contributed by atoms with Crippen LogP contribution in [-0.4, -0.2) is 44.3 Å². The highest BCUT2D eigenvalue weighted by Crippen LogP contribution is 2.33. The van der Waals surface area contributed by atoms with E-state index in [1.807, 2.05) is 37.3 Å². The summed E-state index contributed by atoms with van der Waals surface area (Å²) in [5.74, 6) is -1.72. The van der Waals surface area contributed by atoms with Crippen LogP contribution in [0.4, 0.5) is 10.1 Å². The molecular formula is C34H34Cl2FN3O4S. The summed E-state index contributed by atoms with van der Waals surface area (Å²) in [5.41, 5.74) is 0.970. The summed E-state index contributed by atoms with van der Waals surface area (Å²) < 4.78 is 44.0. The van der Waals surface area contributed by atoms with Gasteiger partial charge in [-0.25, -0.2) is 12.8 Å². The van der Waals surface area contributed by atoms with Gasteiger partial charge in [0.2, 0.25) is 11.8 Å². The Balaban J connectivity index is 1.81. The molecule has 0 saturated carbocycles. The van der Waals surface area contributed by atoms with E-state index in [0.717, 1.165) is 22.7 Å². The van der Waals surface area contributed by atoms with E-state index >= 15 is 4.39 Å². The van der Waals surface area contributed by atoms with Gasteiger partial charge in [0.15, 0.2) is 0 Å². The average Bonchev–Trinajstić information content (AvgIpc) is 3.03. The lowest BCUT2D eigenvalue weighted by Gasteiger charge is -2.34. The maximum absolute atomic E-state index is 15.0. The minimum absolute atomic E-state index is 0.00797. The summed E-state index contributed by atoms with van der Waals surface area (Å²) in [7, 11) is -4.34. The van der Waals surface area contributed by atoms with Crippen LogP contribution in [0.15, 0.2) is 108 Å². The summed E-state index contributed by atoms with van der Waals surface area (Å²) in [4.78, 5) is 29.3. The third-order valence-corrected chi connectivity index (χ3v) is 9.50. The topological polar surface area (TPSA) is 86.8 Å². The zero-order valence-electron chi connectivity index (χ0n) is 24.7. The van der Waals surface area contributed by atoms with Gasteiger partial charge in [-0.05, 0) is 48.4 Å². The van der Waals surface area contributed by atoms with Gasteiger partial charge in [-0.1, -0.05) is 103 Å². The first-order valence-electron chi connectivity index (χ1n) is 14.5. The summed E-state index contributed by atoms with van der Waals surface area (Å²) in [5, 5.41) is 3.19. The van der Waals surface area contributed by atoms with Crippen LogP contribution in [0.5, 0.6) is 0 Å². The molecule has 45 heavy (non-hydrogen) atoms. The van der Waals surface area contributed by atoms with Crippen LogP contribution in [-0.2, 0) is 32.6 Å². The first-order valence-corrected chi connectivity index (χ1v) is 16.7. The number of amides is 2. The molecule has 0 aliphatic rings. The van der Waals surface area contributed by atoms with Crippen LogP contribution in [0.1, 0.15) is 30.9 Å². The fraction of sp³-hybridized carbons (Fsp3) is 0.235. The first kappa shape index (κ1) is 34.0. The van der Waals surface area contributed by atoms with E-state index in [2.05, 4.69) is 5.32 Å². The molecule has 0 aliphatic carbocycles. The van der Waals surface area contributed by atoms with E-state index in [9.17, 15) is 18.0 Å². The number of halogens is 3. The number of benzene rings is 4. The highest BCUT2D eigenvalue weighted by Gasteiger charge is 2.35. The van der Waals surface area contributed by atoms with E-state index in [1.54, 1.807) is 24.3 Å². The molecule has 11 heteroatoms. The summed E-state index contributed by atoms with van der Waals surface area (Å²) in [6.45, 7) is 1.38. The Kier molecular flexibility index (Phi) is 12.0. The average molecular weight is 671 g/mol. The Labute approximate surface area is 273 Å². The van der Waals surface area contributed by atoms with Crippen LogP contribution in [0.2, 0.25) is 10.0 Å². The number of nitrogens with zero attached hydrogens (tertiary/aromatic N) is 2. The molecule has 0 heterocycles. The molecule has 0 unspecified atom stereocenters. The van der Waals surface area contributed by atoms with Crippen molar-refractivity contribution in [1.29, 1.82) is 0 Å². The Morgan fingerprint density at radius 1 is 0.889 bits per heavy atom. The Morgan fingerprint density at radius 3 is 2.18 bits per heavy atom. The minimum atomic E-state index is -4.34. The van der Waals surface area contributed by atoms with Gasteiger partial charge >= 0.3 is 0 Å². The molecule has 0 aromatic heterocycles. The number of rotatable bonds is 14. The van der Waals surface area contributed by atoms with Crippen molar-refractivity contribution in [2.45, 2.75) is 43.7 Å². The van der Waals surface area contributed by atoms with Crippen molar-refractivity contribution in [3.8, 4) is 0 Å². The minimum Gasteiger partial charge on any atom is -0.354 e.